The van der Waals surface area contributed by atoms with E-state index >= 15 is 0 Å². The fourth-order valence-corrected chi connectivity index (χ4v) is 2.72. The van der Waals surface area contributed by atoms with Gasteiger partial charge in [-0.1, -0.05) is 54.1 Å². The Kier molecular flexibility index (Phi) is 10.9. The normalized spacial score (nSPS) is 10.8. The summed E-state index contributed by atoms with van der Waals surface area (Å²) in [5.41, 5.74) is 1.09. The van der Waals surface area contributed by atoms with Crippen LogP contribution in [0.15, 0.2) is 72.9 Å². The van der Waals surface area contributed by atoms with Crippen molar-refractivity contribution in [3.63, 3.8) is 0 Å². The second-order valence-electron chi connectivity index (χ2n) is 7.30. The van der Waals surface area contributed by atoms with Gasteiger partial charge in [0.05, 0.1) is 13.7 Å². The first kappa shape index (κ1) is 26.2. The predicted molar refractivity (Wildman–Crippen MR) is 128 cm³/mol. The third-order valence-corrected chi connectivity index (χ3v) is 4.52. The maximum atomic E-state index is 12.0. The minimum Gasteiger partial charge on any atom is -0.503 e. The zero-order valence-corrected chi connectivity index (χ0v) is 19.6. The van der Waals surface area contributed by atoms with Crippen molar-refractivity contribution in [2.75, 3.05) is 20.3 Å². The van der Waals surface area contributed by atoms with Crippen molar-refractivity contribution in [2.24, 2.45) is 0 Å². The van der Waals surface area contributed by atoms with Crippen molar-refractivity contribution < 1.29 is 28.9 Å². The topological polar surface area (TPSA) is 107 Å². The van der Waals surface area contributed by atoms with Gasteiger partial charge in [0.15, 0.2) is 17.2 Å². The molecule has 1 atom stereocenters. The standard InChI is InChI=1S/C19H22N2O6.C7H8/c1-13(9-11-26-14-6-4-3-5-7-14)27-16(22)12-21-19(24)17-18(23)15(25-2)8-10-20-17;1-7-5-3-2-4-6-7/h3-8,10,13,23H,9,11-12H2,1-2H3,(H,21,24);2-6H,1H3. The Morgan fingerprint density at radius 3 is 2.26 bits per heavy atom. The summed E-state index contributed by atoms with van der Waals surface area (Å²) >= 11 is 0. The number of carbonyl (C=O) groups excluding carboxylic acids is 2. The van der Waals surface area contributed by atoms with Crippen molar-refractivity contribution in [1.29, 1.82) is 0 Å². The lowest BCUT2D eigenvalue weighted by Gasteiger charge is -2.14. The number of aromatic hydroxyl groups is 1. The van der Waals surface area contributed by atoms with Gasteiger partial charge in [0, 0.05) is 18.7 Å². The van der Waals surface area contributed by atoms with Gasteiger partial charge in [0.1, 0.15) is 18.4 Å². The molecule has 0 radical (unpaired) electrons. The summed E-state index contributed by atoms with van der Waals surface area (Å²) in [5.74, 6) is -0.836. The van der Waals surface area contributed by atoms with Crippen LogP contribution in [0.4, 0.5) is 0 Å². The van der Waals surface area contributed by atoms with Crippen LogP contribution in [0.25, 0.3) is 0 Å². The first-order valence-corrected chi connectivity index (χ1v) is 10.8. The highest BCUT2D eigenvalue weighted by molar-refractivity contribution is 5.97. The van der Waals surface area contributed by atoms with Gasteiger partial charge in [-0.2, -0.15) is 0 Å². The average Bonchev–Trinajstić information content (AvgIpc) is 2.84. The van der Waals surface area contributed by atoms with E-state index in [1.54, 1.807) is 6.92 Å². The zero-order valence-electron chi connectivity index (χ0n) is 19.6. The molecule has 0 aliphatic heterocycles. The van der Waals surface area contributed by atoms with Crippen molar-refractivity contribution >= 4 is 11.9 Å². The second-order valence-corrected chi connectivity index (χ2v) is 7.30. The van der Waals surface area contributed by atoms with E-state index in [0.29, 0.717) is 13.0 Å². The predicted octanol–water partition coefficient (Wildman–Crippen LogP) is 3.92. The molecule has 1 heterocycles. The van der Waals surface area contributed by atoms with E-state index in [2.05, 4.69) is 29.4 Å². The molecule has 0 saturated heterocycles. The summed E-state index contributed by atoms with van der Waals surface area (Å²) in [6.45, 7) is 3.87. The van der Waals surface area contributed by atoms with Crippen LogP contribution in [0.3, 0.4) is 0 Å². The number of ether oxygens (including phenoxy) is 3. The molecule has 0 bridgehead atoms. The van der Waals surface area contributed by atoms with Gasteiger partial charge in [-0.3, -0.25) is 9.59 Å². The van der Waals surface area contributed by atoms with Crippen LogP contribution in [0.1, 0.15) is 29.4 Å². The van der Waals surface area contributed by atoms with Crippen LogP contribution in [0, 0.1) is 6.92 Å². The molecule has 0 aliphatic carbocycles. The Hall–Kier alpha value is -4.07. The van der Waals surface area contributed by atoms with Crippen LogP contribution in [-0.2, 0) is 9.53 Å². The number of amides is 1. The second kappa shape index (κ2) is 14.2. The highest BCUT2D eigenvalue weighted by atomic mass is 16.5. The molecule has 0 fully saturated rings. The first-order chi connectivity index (χ1) is 16.4. The molecule has 1 amide bonds. The molecule has 8 nitrogen and oxygen atoms in total. The van der Waals surface area contributed by atoms with Crippen LogP contribution < -0.4 is 14.8 Å². The minimum atomic E-state index is -0.705. The van der Waals surface area contributed by atoms with Crippen molar-refractivity contribution in [3.05, 3.63) is 84.2 Å². The number of hydrogen-bond donors (Lipinski definition) is 2. The number of carbonyl (C=O) groups is 2. The van der Waals surface area contributed by atoms with E-state index < -0.39 is 17.6 Å². The van der Waals surface area contributed by atoms with Crippen molar-refractivity contribution in [2.45, 2.75) is 26.4 Å². The third-order valence-electron chi connectivity index (χ3n) is 4.52. The number of hydrogen-bond acceptors (Lipinski definition) is 7. The molecule has 1 unspecified atom stereocenters. The molecular weight excluding hydrogens is 436 g/mol. The Labute approximate surface area is 199 Å². The minimum absolute atomic E-state index is 0.116. The fourth-order valence-electron chi connectivity index (χ4n) is 2.72. The number of methoxy groups -OCH3 is 1. The largest absolute Gasteiger partial charge is 0.503 e. The molecule has 3 aromatic rings. The fraction of sp³-hybridized carbons (Fsp3) is 0.269. The SMILES string of the molecule is COc1ccnc(C(=O)NCC(=O)OC(C)CCOc2ccccc2)c1O.Cc1ccccc1. The van der Waals surface area contributed by atoms with Crippen LogP contribution in [0.5, 0.6) is 17.2 Å². The van der Waals surface area contributed by atoms with E-state index in [1.165, 1.54) is 24.9 Å². The van der Waals surface area contributed by atoms with Gasteiger partial charge >= 0.3 is 5.97 Å². The summed E-state index contributed by atoms with van der Waals surface area (Å²) in [4.78, 5) is 27.7. The van der Waals surface area contributed by atoms with Gasteiger partial charge in [0.2, 0.25) is 0 Å². The van der Waals surface area contributed by atoms with Crippen LogP contribution in [0.2, 0.25) is 0 Å². The third kappa shape index (κ3) is 9.20. The number of aryl methyl sites for hydroxylation is 1. The molecule has 1 aromatic heterocycles. The lowest BCUT2D eigenvalue weighted by atomic mass is 10.2. The maximum Gasteiger partial charge on any atom is 0.325 e. The number of rotatable bonds is 9. The van der Waals surface area contributed by atoms with E-state index in [-0.39, 0.29) is 24.1 Å². The molecule has 0 saturated carbocycles. The zero-order chi connectivity index (χ0) is 24.8. The van der Waals surface area contributed by atoms with E-state index in [9.17, 15) is 14.7 Å². The number of aromatic nitrogens is 1. The number of esters is 1. The summed E-state index contributed by atoms with van der Waals surface area (Å²) in [6, 6.07) is 21.0. The molecular formula is C26H30N2O6. The quantitative estimate of drug-likeness (QED) is 0.460. The smallest absolute Gasteiger partial charge is 0.325 e. The van der Waals surface area contributed by atoms with E-state index in [4.69, 9.17) is 14.2 Å². The number of pyridine rings is 1. The number of benzene rings is 2. The van der Waals surface area contributed by atoms with Gasteiger partial charge in [0.25, 0.3) is 5.91 Å². The summed E-state index contributed by atoms with van der Waals surface area (Å²) in [7, 11) is 1.36. The average molecular weight is 467 g/mol. The molecule has 8 heteroatoms. The van der Waals surface area contributed by atoms with Crippen LogP contribution in [-0.4, -0.2) is 48.3 Å². The number of nitrogens with zero attached hydrogens (tertiary/aromatic N) is 1. The Bertz CT molecular complexity index is 1030. The van der Waals surface area contributed by atoms with E-state index in [0.717, 1.165) is 5.75 Å². The first-order valence-electron chi connectivity index (χ1n) is 10.8. The lowest BCUT2D eigenvalue weighted by molar-refractivity contribution is -0.147. The molecule has 0 aliphatic rings. The van der Waals surface area contributed by atoms with Gasteiger partial charge in [-0.25, -0.2) is 4.98 Å². The molecule has 2 aromatic carbocycles. The Morgan fingerprint density at radius 2 is 1.68 bits per heavy atom. The summed E-state index contributed by atoms with van der Waals surface area (Å²) in [5, 5.41) is 12.2. The summed E-state index contributed by atoms with van der Waals surface area (Å²) in [6.07, 6.45) is 1.45. The highest BCUT2D eigenvalue weighted by Crippen LogP contribution is 2.27. The monoisotopic (exact) mass is 466 g/mol. The molecule has 3 rings (SSSR count). The molecule has 0 spiro atoms. The van der Waals surface area contributed by atoms with Crippen molar-refractivity contribution in [1.82, 2.24) is 10.3 Å². The highest BCUT2D eigenvalue weighted by Gasteiger charge is 2.18. The Balaban J connectivity index is 0.000000497. The summed E-state index contributed by atoms with van der Waals surface area (Å²) < 4.78 is 15.7. The van der Waals surface area contributed by atoms with Crippen LogP contribution >= 0.6 is 0 Å². The van der Waals surface area contributed by atoms with E-state index in [1.807, 2.05) is 48.5 Å². The van der Waals surface area contributed by atoms with Crippen molar-refractivity contribution in [3.8, 4) is 17.2 Å². The number of nitrogens with one attached hydrogen (secondary N) is 1. The molecule has 2 N–H and O–H groups in total. The van der Waals surface area contributed by atoms with Gasteiger partial charge in [-0.15, -0.1) is 0 Å². The van der Waals surface area contributed by atoms with Gasteiger partial charge in [-0.05, 0) is 26.0 Å². The maximum absolute atomic E-state index is 12.0. The van der Waals surface area contributed by atoms with Gasteiger partial charge < -0.3 is 24.6 Å². The lowest BCUT2D eigenvalue weighted by Crippen LogP contribution is -2.33. The molecule has 180 valence electrons. The molecule has 34 heavy (non-hydrogen) atoms. The number of para-hydroxylation sites is 1. The Morgan fingerprint density at radius 1 is 1.03 bits per heavy atom.